The molecule has 0 saturated carbocycles. The lowest BCUT2D eigenvalue weighted by Crippen LogP contribution is -2.20. The second kappa shape index (κ2) is 4.75. The van der Waals surface area contributed by atoms with Crippen LogP contribution in [-0.4, -0.2) is 30.3 Å². The Balaban J connectivity index is 2.67. The molecule has 86 valence electrons. The summed E-state index contributed by atoms with van der Waals surface area (Å²) in [4.78, 5) is 1.61. The van der Waals surface area contributed by atoms with Gasteiger partial charge in [0, 0.05) is 13.6 Å². The molecule has 0 fully saturated rings. The third-order valence-electron chi connectivity index (χ3n) is 1.68. The third-order valence-corrected chi connectivity index (χ3v) is 2.76. The van der Waals surface area contributed by atoms with Crippen LogP contribution in [0.4, 0.5) is 18.3 Å². The number of nitrogens with zero attached hydrogens (tertiary/aromatic N) is 3. The first kappa shape index (κ1) is 12.2. The zero-order valence-electron chi connectivity index (χ0n) is 8.08. The smallest absolute Gasteiger partial charge is 0.350 e. The maximum absolute atomic E-state index is 12.2. The molecule has 1 aromatic rings. The summed E-state index contributed by atoms with van der Waals surface area (Å²) in [5.41, 5.74) is 5.29. The van der Waals surface area contributed by atoms with Crippen LogP contribution < -0.4 is 10.6 Å². The van der Waals surface area contributed by atoms with Gasteiger partial charge in [-0.15, -0.1) is 10.2 Å². The van der Waals surface area contributed by atoms with E-state index in [9.17, 15) is 13.2 Å². The van der Waals surface area contributed by atoms with Gasteiger partial charge in [-0.25, -0.2) is 0 Å². The number of rotatable bonds is 4. The van der Waals surface area contributed by atoms with Crippen LogP contribution in [0, 0.1) is 0 Å². The molecule has 8 heteroatoms. The fourth-order valence-electron chi connectivity index (χ4n) is 0.908. The van der Waals surface area contributed by atoms with E-state index in [4.69, 9.17) is 5.73 Å². The Hall–Kier alpha value is -0.890. The van der Waals surface area contributed by atoms with Gasteiger partial charge in [-0.3, -0.25) is 0 Å². The van der Waals surface area contributed by atoms with Crippen LogP contribution in [0.3, 0.4) is 0 Å². The van der Waals surface area contributed by atoms with Crippen LogP contribution in [0.1, 0.15) is 11.4 Å². The van der Waals surface area contributed by atoms with Gasteiger partial charge >= 0.3 is 6.18 Å². The highest BCUT2D eigenvalue weighted by Gasteiger charge is 2.35. The van der Waals surface area contributed by atoms with E-state index < -0.39 is 11.2 Å². The Morgan fingerprint density at radius 1 is 1.40 bits per heavy atom. The average Bonchev–Trinajstić information content (AvgIpc) is 2.62. The molecule has 0 amide bonds. The third kappa shape index (κ3) is 3.31. The molecule has 1 rings (SSSR count). The maximum Gasteiger partial charge on any atom is 0.445 e. The molecule has 2 N–H and O–H groups in total. The second-order valence-electron chi connectivity index (χ2n) is 2.95. The Labute approximate surface area is 88.9 Å². The van der Waals surface area contributed by atoms with Crippen molar-refractivity contribution in [2.24, 2.45) is 5.73 Å². The van der Waals surface area contributed by atoms with Gasteiger partial charge in [-0.1, -0.05) is 11.3 Å². The van der Waals surface area contributed by atoms with Gasteiger partial charge < -0.3 is 10.6 Å². The molecule has 4 nitrogen and oxygen atoms in total. The molecule has 0 bridgehead atoms. The quantitative estimate of drug-likeness (QED) is 0.863. The molecule has 0 radical (unpaired) electrons. The van der Waals surface area contributed by atoms with E-state index in [1.165, 1.54) is 0 Å². The van der Waals surface area contributed by atoms with Gasteiger partial charge in [0.2, 0.25) is 10.1 Å². The molecule has 1 heterocycles. The van der Waals surface area contributed by atoms with Crippen LogP contribution in [0.2, 0.25) is 0 Å². The number of hydrogen-bond donors (Lipinski definition) is 1. The van der Waals surface area contributed by atoms with Gasteiger partial charge in [-0.05, 0) is 13.0 Å². The summed E-state index contributed by atoms with van der Waals surface area (Å²) < 4.78 is 36.6. The molecule has 0 aliphatic rings. The molecule has 0 spiro atoms. The zero-order valence-corrected chi connectivity index (χ0v) is 8.90. The van der Waals surface area contributed by atoms with Crippen molar-refractivity contribution in [2.45, 2.75) is 12.6 Å². The van der Waals surface area contributed by atoms with E-state index in [2.05, 4.69) is 10.2 Å². The Bertz CT molecular complexity index is 311. The fraction of sp³-hybridized carbons (Fsp3) is 0.714. The molecule has 0 aliphatic heterocycles. The number of nitrogens with two attached hydrogens (primary N) is 1. The fourth-order valence-corrected chi connectivity index (χ4v) is 1.61. The minimum absolute atomic E-state index is 0.260. The number of aromatic nitrogens is 2. The SMILES string of the molecule is CN(CCCN)c1nnc(C(F)(F)F)s1. The number of halogens is 3. The zero-order chi connectivity index (χ0) is 11.5. The second-order valence-corrected chi connectivity index (χ2v) is 3.91. The molecule has 1 aromatic heterocycles. The van der Waals surface area contributed by atoms with Gasteiger partial charge in [0.25, 0.3) is 0 Å². The average molecular weight is 240 g/mol. The van der Waals surface area contributed by atoms with Gasteiger partial charge in [0.05, 0.1) is 0 Å². The van der Waals surface area contributed by atoms with E-state index >= 15 is 0 Å². The molecule has 0 aliphatic carbocycles. The van der Waals surface area contributed by atoms with E-state index in [-0.39, 0.29) is 5.13 Å². The first-order valence-electron chi connectivity index (χ1n) is 4.27. The van der Waals surface area contributed by atoms with Crippen molar-refractivity contribution >= 4 is 16.5 Å². The van der Waals surface area contributed by atoms with E-state index in [1.54, 1.807) is 11.9 Å². The molecular formula is C7H11F3N4S. The van der Waals surface area contributed by atoms with E-state index in [0.717, 1.165) is 0 Å². The summed E-state index contributed by atoms with van der Waals surface area (Å²) in [5.74, 6) is 0. The lowest BCUT2D eigenvalue weighted by molar-refractivity contribution is -0.138. The summed E-state index contributed by atoms with van der Waals surface area (Å²) in [6.45, 7) is 1.07. The summed E-state index contributed by atoms with van der Waals surface area (Å²) in [7, 11) is 1.66. The summed E-state index contributed by atoms with van der Waals surface area (Å²) in [6.07, 6.45) is -3.71. The minimum atomic E-state index is -4.41. The number of alkyl halides is 3. The topological polar surface area (TPSA) is 55.0 Å². The Morgan fingerprint density at radius 2 is 2.07 bits per heavy atom. The van der Waals surface area contributed by atoms with Crippen molar-refractivity contribution in [3.05, 3.63) is 5.01 Å². The Kier molecular flexibility index (Phi) is 3.86. The van der Waals surface area contributed by atoms with Crippen molar-refractivity contribution < 1.29 is 13.2 Å². The molecule has 0 saturated heterocycles. The monoisotopic (exact) mass is 240 g/mol. The van der Waals surface area contributed by atoms with Crippen LogP contribution >= 0.6 is 11.3 Å². The largest absolute Gasteiger partial charge is 0.445 e. The van der Waals surface area contributed by atoms with Crippen LogP contribution in [-0.2, 0) is 6.18 Å². The van der Waals surface area contributed by atoms with Crippen LogP contribution in [0.25, 0.3) is 0 Å². The van der Waals surface area contributed by atoms with Gasteiger partial charge in [0.15, 0.2) is 0 Å². The highest BCUT2D eigenvalue weighted by Crippen LogP contribution is 2.33. The van der Waals surface area contributed by atoms with Crippen molar-refractivity contribution in [1.82, 2.24) is 10.2 Å². The standard InChI is InChI=1S/C7H11F3N4S/c1-14(4-2-3-11)6-13-12-5(15-6)7(8,9)10/h2-4,11H2,1H3. The van der Waals surface area contributed by atoms with E-state index in [0.29, 0.717) is 30.8 Å². The summed E-state index contributed by atoms with van der Waals surface area (Å²) in [5, 5.41) is 5.90. The predicted molar refractivity (Wildman–Crippen MR) is 51.9 cm³/mol. The first-order valence-corrected chi connectivity index (χ1v) is 5.08. The summed E-state index contributed by atoms with van der Waals surface area (Å²) in [6, 6.07) is 0. The van der Waals surface area contributed by atoms with Crippen molar-refractivity contribution in [3.63, 3.8) is 0 Å². The van der Waals surface area contributed by atoms with Crippen LogP contribution in [0.5, 0.6) is 0 Å². The van der Waals surface area contributed by atoms with E-state index in [1.807, 2.05) is 0 Å². The van der Waals surface area contributed by atoms with Gasteiger partial charge in [0.1, 0.15) is 0 Å². The highest BCUT2D eigenvalue weighted by atomic mass is 32.1. The predicted octanol–water partition coefficient (Wildman–Crippen LogP) is 1.34. The normalized spacial score (nSPS) is 11.8. The molecule has 0 atom stereocenters. The molecule has 0 unspecified atom stereocenters. The minimum Gasteiger partial charge on any atom is -0.350 e. The molecule has 0 aromatic carbocycles. The lowest BCUT2D eigenvalue weighted by Gasteiger charge is -2.13. The van der Waals surface area contributed by atoms with Gasteiger partial charge in [-0.2, -0.15) is 13.2 Å². The van der Waals surface area contributed by atoms with Crippen molar-refractivity contribution in [3.8, 4) is 0 Å². The number of hydrogen-bond acceptors (Lipinski definition) is 5. The van der Waals surface area contributed by atoms with Crippen molar-refractivity contribution in [2.75, 3.05) is 25.0 Å². The molecule has 15 heavy (non-hydrogen) atoms. The Morgan fingerprint density at radius 3 is 2.53 bits per heavy atom. The summed E-state index contributed by atoms with van der Waals surface area (Å²) >= 11 is 0.536. The highest BCUT2D eigenvalue weighted by molar-refractivity contribution is 7.15. The first-order chi connectivity index (χ1) is 6.95. The lowest BCUT2D eigenvalue weighted by atomic mass is 10.4. The van der Waals surface area contributed by atoms with Crippen molar-refractivity contribution in [1.29, 1.82) is 0 Å². The molecular weight excluding hydrogens is 229 g/mol. The maximum atomic E-state index is 12.2. The number of anilines is 1. The van der Waals surface area contributed by atoms with Crippen LogP contribution in [0.15, 0.2) is 0 Å².